The summed E-state index contributed by atoms with van der Waals surface area (Å²) in [5.41, 5.74) is 1.71. The molecule has 0 aliphatic carbocycles. The first kappa shape index (κ1) is 17.0. The van der Waals surface area contributed by atoms with Gasteiger partial charge in [-0.15, -0.1) is 0 Å². The van der Waals surface area contributed by atoms with Gasteiger partial charge < -0.3 is 15.4 Å². The van der Waals surface area contributed by atoms with E-state index in [-0.39, 0.29) is 12.6 Å². The minimum Gasteiger partial charge on any atom is -0.462 e. The lowest BCUT2D eigenvalue weighted by Crippen LogP contribution is -2.29. The van der Waals surface area contributed by atoms with Gasteiger partial charge in [0.05, 0.1) is 17.9 Å². The molecule has 0 unspecified atom stereocenters. The van der Waals surface area contributed by atoms with E-state index in [4.69, 9.17) is 4.74 Å². The molecule has 2 rings (SSSR count). The molecule has 0 aliphatic heterocycles. The van der Waals surface area contributed by atoms with Crippen LogP contribution >= 0.6 is 15.9 Å². The predicted molar refractivity (Wildman–Crippen MR) is 92.4 cm³/mol. The summed E-state index contributed by atoms with van der Waals surface area (Å²) in [4.78, 5) is 23.9. The molecule has 0 saturated heterocycles. The first-order chi connectivity index (χ1) is 11.1. The van der Waals surface area contributed by atoms with E-state index in [1.807, 2.05) is 24.3 Å². The minimum atomic E-state index is -0.463. The number of urea groups is 1. The van der Waals surface area contributed by atoms with Crippen LogP contribution in [0.3, 0.4) is 0 Å². The highest BCUT2D eigenvalue weighted by Crippen LogP contribution is 2.16. The number of para-hydroxylation sites is 1. The number of ether oxygens (including phenoxy) is 1. The summed E-state index contributed by atoms with van der Waals surface area (Å²) in [5.74, 6) is -0.463. The summed E-state index contributed by atoms with van der Waals surface area (Å²) in [5, 5.41) is 5.42. The average molecular weight is 377 g/mol. The van der Waals surface area contributed by atoms with E-state index in [1.54, 1.807) is 31.2 Å². The zero-order chi connectivity index (χ0) is 16.7. The first-order valence-electron chi connectivity index (χ1n) is 7.15. The van der Waals surface area contributed by atoms with Crippen LogP contribution in [0.1, 0.15) is 22.8 Å². The molecule has 0 spiro atoms. The summed E-state index contributed by atoms with van der Waals surface area (Å²) < 4.78 is 5.93. The second-order valence-electron chi connectivity index (χ2n) is 4.70. The third-order valence-electron chi connectivity index (χ3n) is 3.01. The van der Waals surface area contributed by atoms with Crippen molar-refractivity contribution < 1.29 is 14.3 Å². The summed E-state index contributed by atoms with van der Waals surface area (Å²) >= 11 is 3.38. The number of esters is 1. The minimum absolute atomic E-state index is 0.280. The normalized spacial score (nSPS) is 10.0. The van der Waals surface area contributed by atoms with Crippen molar-refractivity contribution in [1.29, 1.82) is 0 Å². The number of nitrogens with one attached hydrogen (secondary N) is 2. The van der Waals surface area contributed by atoms with E-state index in [0.29, 0.717) is 17.8 Å². The lowest BCUT2D eigenvalue weighted by molar-refractivity contribution is 0.0527. The second kappa shape index (κ2) is 8.33. The number of rotatable bonds is 5. The molecule has 0 fully saturated rings. The third kappa shape index (κ3) is 5.10. The lowest BCUT2D eigenvalue weighted by atomic mass is 10.2. The van der Waals surface area contributed by atoms with Crippen LogP contribution in [0.4, 0.5) is 10.5 Å². The molecule has 0 saturated carbocycles. The number of hydrogen-bond acceptors (Lipinski definition) is 3. The van der Waals surface area contributed by atoms with Gasteiger partial charge in [-0.3, -0.25) is 0 Å². The van der Waals surface area contributed by atoms with Crippen molar-refractivity contribution in [1.82, 2.24) is 5.32 Å². The third-order valence-corrected chi connectivity index (χ3v) is 3.51. The Kier molecular flexibility index (Phi) is 6.17. The van der Waals surface area contributed by atoms with Crippen LogP contribution in [-0.4, -0.2) is 18.6 Å². The second-order valence-corrected chi connectivity index (χ2v) is 5.62. The van der Waals surface area contributed by atoms with Crippen LogP contribution in [0.2, 0.25) is 0 Å². The number of benzene rings is 2. The molecule has 120 valence electrons. The van der Waals surface area contributed by atoms with Crippen molar-refractivity contribution >= 4 is 33.6 Å². The number of anilines is 1. The van der Waals surface area contributed by atoms with Crippen LogP contribution in [0.5, 0.6) is 0 Å². The van der Waals surface area contributed by atoms with Gasteiger partial charge in [0.15, 0.2) is 0 Å². The molecule has 2 N–H and O–H groups in total. The molecule has 5 nitrogen and oxygen atoms in total. The average Bonchev–Trinajstić information content (AvgIpc) is 2.54. The number of carbonyl (C=O) groups excluding carboxylic acids is 2. The number of amides is 2. The van der Waals surface area contributed by atoms with Crippen LogP contribution in [0.25, 0.3) is 0 Å². The van der Waals surface area contributed by atoms with Crippen molar-refractivity contribution in [3.05, 3.63) is 64.1 Å². The van der Waals surface area contributed by atoms with Gasteiger partial charge in [-0.25, -0.2) is 9.59 Å². The molecule has 0 aliphatic rings. The fourth-order valence-electron chi connectivity index (χ4n) is 1.97. The summed E-state index contributed by atoms with van der Waals surface area (Å²) in [6.07, 6.45) is 0. The maximum Gasteiger partial charge on any atom is 0.340 e. The Hall–Kier alpha value is -2.34. The zero-order valence-corrected chi connectivity index (χ0v) is 14.2. The van der Waals surface area contributed by atoms with E-state index < -0.39 is 5.97 Å². The van der Waals surface area contributed by atoms with Gasteiger partial charge in [0, 0.05) is 11.0 Å². The Morgan fingerprint density at radius 2 is 1.91 bits per heavy atom. The molecule has 0 bridgehead atoms. The van der Waals surface area contributed by atoms with Crippen LogP contribution in [-0.2, 0) is 11.3 Å². The standard InChI is InChI=1S/C17H17BrN2O3/c1-2-23-16(21)14-8-3-4-9-15(14)20-17(22)19-11-12-6-5-7-13(18)10-12/h3-10H,2,11H2,1H3,(H2,19,20,22). The van der Waals surface area contributed by atoms with E-state index in [1.165, 1.54) is 0 Å². The SMILES string of the molecule is CCOC(=O)c1ccccc1NC(=O)NCc1cccc(Br)c1. The van der Waals surface area contributed by atoms with Crippen molar-refractivity contribution in [2.45, 2.75) is 13.5 Å². The summed E-state index contributed by atoms with van der Waals surface area (Å²) in [6, 6.07) is 14.0. The van der Waals surface area contributed by atoms with Gasteiger partial charge in [-0.2, -0.15) is 0 Å². The molecule has 6 heteroatoms. The van der Waals surface area contributed by atoms with Gasteiger partial charge in [0.2, 0.25) is 0 Å². The van der Waals surface area contributed by atoms with Crippen LogP contribution in [0.15, 0.2) is 53.0 Å². The number of hydrogen-bond donors (Lipinski definition) is 2. The van der Waals surface area contributed by atoms with E-state index in [0.717, 1.165) is 10.0 Å². The van der Waals surface area contributed by atoms with E-state index >= 15 is 0 Å². The van der Waals surface area contributed by atoms with Crippen molar-refractivity contribution in [2.75, 3.05) is 11.9 Å². The Labute approximate surface area is 143 Å². The van der Waals surface area contributed by atoms with Gasteiger partial charge >= 0.3 is 12.0 Å². The Morgan fingerprint density at radius 3 is 2.65 bits per heavy atom. The van der Waals surface area contributed by atoms with Crippen LogP contribution in [0, 0.1) is 0 Å². The molecule has 2 aromatic rings. The largest absolute Gasteiger partial charge is 0.462 e. The molecule has 0 atom stereocenters. The smallest absolute Gasteiger partial charge is 0.340 e. The van der Waals surface area contributed by atoms with Gasteiger partial charge in [-0.05, 0) is 36.8 Å². The van der Waals surface area contributed by atoms with Crippen LogP contribution < -0.4 is 10.6 Å². The highest BCUT2D eigenvalue weighted by molar-refractivity contribution is 9.10. The Balaban J connectivity index is 1.99. The predicted octanol–water partition coefficient (Wildman–Crippen LogP) is 3.95. The summed E-state index contributed by atoms with van der Waals surface area (Å²) in [7, 11) is 0. The fraction of sp³-hybridized carbons (Fsp3) is 0.176. The van der Waals surface area contributed by atoms with Gasteiger partial charge in [0.1, 0.15) is 0 Å². The zero-order valence-electron chi connectivity index (χ0n) is 12.6. The number of halogens is 1. The Morgan fingerprint density at radius 1 is 1.13 bits per heavy atom. The monoisotopic (exact) mass is 376 g/mol. The van der Waals surface area contributed by atoms with Gasteiger partial charge in [-0.1, -0.05) is 40.2 Å². The molecule has 2 amide bonds. The maximum atomic E-state index is 12.0. The van der Waals surface area contributed by atoms with E-state index in [9.17, 15) is 9.59 Å². The molecule has 2 aromatic carbocycles. The van der Waals surface area contributed by atoms with Crippen molar-refractivity contribution in [2.24, 2.45) is 0 Å². The van der Waals surface area contributed by atoms with E-state index in [2.05, 4.69) is 26.6 Å². The van der Waals surface area contributed by atoms with Gasteiger partial charge in [0.25, 0.3) is 0 Å². The first-order valence-corrected chi connectivity index (χ1v) is 7.95. The lowest BCUT2D eigenvalue weighted by Gasteiger charge is -2.11. The molecule has 0 aromatic heterocycles. The Bertz CT molecular complexity index is 704. The molecule has 0 heterocycles. The van der Waals surface area contributed by atoms with Crippen molar-refractivity contribution in [3.8, 4) is 0 Å². The molecule has 23 heavy (non-hydrogen) atoms. The number of carbonyl (C=O) groups is 2. The quantitative estimate of drug-likeness (QED) is 0.776. The highest BCUT2D eigenvalue weighted by Gasteiger charge is 2.13. The molecular weight excluding hydrogens is 360 g/mol. The topological polar surface area (TPSA) is 67.4 Å². The summed E-state index contributed by atoms with van der Waals surface area (Å²) in [6.45, 7) is 2.40. The molecular formula is C17H17BrN2O3. The van der Waals surface area contributed by atoms with Crippen molar-refractivity contribution in [3.63, 3.8) is 0 Å². The molecule has 0 radical (unpaired) electrons. The maximum absolute atomic E-state index is 12.0. The fourth-order valence-corrected chi connectivity index (χ4v) is 2.42. The highest BCUT2D eigenvalue weighted by atomic mass is 79.9.